The summed E-state index contributed by atoms with van der Waals surface area (Å²) in [6.07, 6.45) is 0.983. The largest absolute Gasteiger partial charge is 0.313 e. The van der Waals surface area contributed by atoms with Crippen molar-refractivity contribution in [2.24, 2.45) is 0 Å². The van der Waals surface area contributed by atoms with Gasteiger partial charge in [-0.2, -0.15) is 0 Å². The topological polar surface area (TPSA) is 12.0 Å². The fourth-order valence-electron chi connectivity index (χ4n) is 2.36. The number of likely N-dealkylation sites (N-methyl/N-ethyl adjacent to an activating group) is 1. The molecule has 0 aliphatic carbocycles. The minimum atomic E-state index is 0.317. The van der Waals surface area contributed by atoms with Crippen LogP contribution in [-0.2, 0) is 6.42 Å². The Hall–Kier alpha value is -1.31. The highest BCUT2D eigenvalue weighted by molar-refractivity contribution is 6.30. The molecule has 0 aromatic heterocycles. The minimum absolute atomic E-state index is 0.317. The fraction of sp³-hybridized carbons (Fsp3) is 0.333. The molecule has 1 atom stereocenters. The van der Waals surface area contributed by atoms with Crippen molar-refractivity contribution in [1.82, 2.24) is 5.32 Å². The van der Waals surface area contributed by atoms with Gasteiger partial charge in [0, 0.05) is 11.1 Å². The van der Waals surface area contributed by atoms with Crippen molar-refractivity contribution in [2.45, 2.75) is 32.2 Å². The Morgan fingerprint density at radius 2 is 1.45 bits per heavy atom. The van der Waals surface area contributed by atoms with E-state index in [4.69, 9.17) is 11.6 Å². The summed E-state index contributed by atoms with van der Waals surface area (Å²) in [5.74, 6) is 0.584. The molecule has 20 heavy (non-hydrogen) atoms. The van der Waals surface area contributed by atoms with E-state index in [0.29, 0.717) is 12.0 Å². The van der Waals surface area contributed by atoms with Gasteiger partial charge in [-0.05, 0) is 48.2 Å². The average molecular weight is 288 g/mol. The van der Waals surface area contributed by atoms with Gasteiger partial charge in [-0.15, -0.1) is 0 Å². The second kappa shape index (κ2) is 6.92. The number of rotatable bonds is 5. The van der Waals surface area contributed by atoms with Gasteiger partial charge in [-0.25, -0.2) is 0 Å². The number of benzene rings is 2. The van der Waals surface area contributed by atoms with Gasteiger partial charge in [-0.1, -0.05) is 61.8 Å². The molecule has 1 nitrogen and oxygen atoms in total. The van der Waals surface area contributed by atoms with Crippen LogP contribution in [0.15, 0.2) is 48.5 Å². The van der Waals surface area contributed by atoms with Crippen LogP contribution in [0.1, 0.15) is 42.5 Å². The van der Waals surface area contributed by atoms with E-state index >= 15 is 0 Å². The number of halogens is 1. The molecular formula is C18H22ClN. The third kappa shape index (κ3) is 3.84. The van der Waals surface area contributed by atoms with Crippen molar-refractivity contribution in [3.05, 3.63) is 70.2 Å². The summed E-state index contributed by atoms with van der Waals surface area (Å²) < 4.78 is 0. The molecule has 106 valence electrons. The van der Waals surface area contributed by atoms with E-state index in [1.807, 2.05) is 19.2 Å². The predicted octanol–water partition coefficient (Wildman–Crippen LogP) is 4.97. The van der Waals surface area contributed by atoms with Crippen molar-refractivity contribution in [3.63, 3.8) is 0 Å². The molecule has 0 saturated carbocycles. The van der Waals surface area contributed by atoms with Crippen LogP contribution in [0.25, 0.3) is 0 Å². The highest BCUT2D eigenvalue weighted by Crippen LogP contribution is 2.22. The van der Waals surface area contributed by atoms with Gasteiger partial charge in [0.15, 0.2) is 0 Å². The van der Waals surface area contributed by atoms with E-state index in [1.54, 1.807) is 0 Å². The summed E-state index contributed by atoms with van der Waals surface area (Å²) in [7, 11) is 2.00. The molecule has 0 amide bonds. The molecule has 0 aliphatic rings. The van der Waals surface area contributed by atoms with Gasteiger partial charge in [0.25, 0.3) is 0 Å². The van der Waals surface area contributed by atoms with Gasteiger partial charge in [-0.3, -0.25) is 0 Å². The molecule has 2 heteroatoms. The quantitative estimate of drug-likeness (QED) is 0.819. The molecule has 2 aromatic carbocycles. The lowest BCUT2D eigenvalue weighted by Crippen LogP contribution is -2.18. The van der Waals surface area contributed by atoms with Gasteiger partial charge < -0.3 is 5.32 Å². The van der Waals surface area contributed by atoms with Crippen LogP contribution in [0, 0.1) is 0 Å². The molecule has 2 rings (SSSR count). The maximum Gasteiger partial charge on any atom is 0.0406 e. The molecule has 0 aliphatic heterocycles. The molecule has 0 fully saturated rings. The number of nitrogens with one attached hydrogen (secondary N) is 1. The molecule has 0 heterocycles. The zero-order chi connectivity index (χ0) is 14.5. The Labute approximate surface area is 127 Å². The first kappa shape index (κ1) is 15.1. The summed E-state index contributed by atoms with van der Waals surface area (Å²) in [6, 6.07) is 17.3. The summed E-state index contributed by atoms with van der Waals surface area (Å²) in [5.41, 5.74) is 4.01. The van der Waals surface area contributed by atoms with Crippen molar-refractivity contribution in [1.29, 1.82) is 0 Å². The van der Waals surface area contributed by atoms with E-state index in [2.05, 4.69) is 55.6 Å². The van der Waals surface area contributed by atoms with E-state index in [0.717, 1.165) is 11.4 Å². The highest BCUT2D eigenvalue weighted by Gasteiger charge is 2.10. The molecule has 2 aromatic rings. The molecular weight excluding hydrogens is 266 g/mol. The van der Waals surface area contributed by atoms with Crippen molar-refractivity contribution in [3.8, 4) is 0 Å². The van der Waals surface area contributed by atoms with Crippen molar-refractivity contribution in [2.75, 3.05) is 7.05 Å². The average Bonchev–Trinajstić information content (AvgIpc) is 2.46. The van der Waals surface area contributed by atoms with E-state index in [9.17, 15) is 0 Å². The Morgan fingerprint density at radius 1 is 0.900 bits per heavy atom. The van der Waals surface area contributed by atoms with Gasteiger partial charge in [0.05, 0.1) is 0 Å². The molecule has 0 spiro atoms. The summed E-state index contributed by atoms with van der Waals surface area (Å²) in [5, 5.41) is 4.16. The normalized spacial score (nSPS) is 12.7. The third-order valence-electron chi connectivity index (χ3n) is 3.71. The van der Waals surface area contributed by atoms with E-state index < -0.39 is 0 Å². The lowest BCUT2D eigenvalue weighted by atomic mass is 9.96. The van der Waals surface area contributed by atoms with Gasteiger partial charge in [0.2, 0.25) is 0 Å². The Morgan fingerprint density at radius 3 is 1.95 bits per heavy atom. The highest BCUT2D eigenvalue weighted by atomic mass is 35.5. The Kier molecular flexibility index (Phi) is 5.22. The SMILES string of the molecule is CNC(Cc1ccc(C(C)C)cc1)c1ccc(Cl)cc1. The fourth-order valence-corrected chi connectivity index (χ4v) is 2.48. The van der Waals surface area contributed by atoms with Crippen LogP contribution in [0.4, 0.5) is 0 Å². The van der Waals surface area contributed by atoms with Crippen LogP contribution in [0.3, 0.4) is 0 Å². The van der Waals surface area contributed by atoms with Crippen LogP contribution >= 0.6 is 11.6 Å². The smallest absolute Gasteiger partial charge is 0.0406 e. The zero-order valence-electron chi connectivity index (χ0n) is 12.4. The second-order valence-corrected chi connectivity index (χ2v) is 5.93. The summed E-state index contributed by atoms with van der Waals surface area (Å²) in [6.45, 7) is 4.44. The van der Waals surface area contributed by atoms with Gasteiger partial charge in [0.1, 0.15) is 0 Å². The van der Waals surface area contributed by atoms with Crippen LogP contribution in [0.2, 0.25) is 5.02 Å². The van der Waals surface area contributed by atoms with E-state index in [-0.39, 0.29) is 0 Å². The lowest BCUT2D eigenvalue weighted by molar-refractivity contribution is 0.592. The summed E-state index contributed by atoms with van der Waals surface area (Å²) in [4.78, 5) is 0. The first-order chi connectivity index (χ1) is 9.60. The second-order valence-electron chi connectivity index (χ2n) is 5.49. The first-order valence-corrected chi connectivity index (χ1v) is 7.49. The van der Waals surface area contributed by atoms with Crippen LogP contribution < -0.4 is 5.32 Å². The molecule has 0 radical (unpaired) electrons. The minimum Gasteiger partial charge on any atom is -0.313 e. The molecule has 1 N–H and O–H groups in total. The standard InChI is InChI=1S/C18H22ClN/c1-13(2)15-6-4-14(5-7-15)12-18(20-3)16-8-10-17(19)11-9-16/h4-11,13,18,20H,12H2,1-3H3. The lowest BCUT2D eigenvalue weighted by Gasteiger charge is -2.17. The monoisotopic (exact) mass is 287 g/mol. The predicted molar refractivity (Wildman–Crippen MR) is 87.5 cm³/mol. The Bertz CT molecular complexity index is 528. The molecule has 0 bridgehead atoms. The maximum absolute atomic E-state index is 5.95. The zero-order valence-corrected chi connectivity index (χ0v) is 13.1. The van der Waals surface area contributed by atoms with Crippen LogP contribution in [-0.4, -0.2) is 7.05 Å². The number of hydrogen-bond acceptors (Lipinski definition) is 1. The number of hydrogen-bond donors (Lipinski definition) is 1. The molecule has 1 unspecified atom stereocenters. The molecule has 0 saturated heterocycles. The first-order valence-electron chi connectivity index (χ1n) is 7.11. The summed E-state index contributed by atoms with van der Waals surface area (Å²) >= 11 is 5.95. The Balaban J connectivity index is 2.11. The van der Waals surface area contributed by atoms with Crippen LogP contribution in [0.5, 0.6) is 0 Å². The third-order valence-corrected chi connectivity index (χ3v) is 3.96. The van der Waals surface area contributed by atoms with Crippen molar-refractivity contribution < 1.29 is 0 Å². The van der Waals surface area contributed by atoms with Crippen molar-refractivity contribution >= 4 is 11.6 Å². The van der Waals surface area contributed by atoms with Gasteiger partial charge >= 0.3 is 0 Å². The van der Waals surface area contributed by atoms with E-state index in [1.165, 1.54) is 16.7 Å². The maximum atomic E-state index is 5.95.